The number of ether oxygens (including phenoxy) is 1. The molecule has 1 amide bonds. The van der Waals surface area contributed by atoms with Crippen LogP contribution < -0.4 is 5.32 Å². The molecule has 0 spiro atoms. The van der Waals surface area contributed by atoms with E-state index in [2.05, 4.69) is 5.32 Å². The smallest absolute Gasteiger partial charge is 0.397 e. The van der Waals surface area contributed by atoms with Crippen molar-refractivity contribution in [2.75, 3.05) is 5.32 Å². The summed E-state index contributed by atoms with van der Waals surface area (Å²) < 4.78 is 5.12. The van der Waals surface area contributed by atoms with Gasteiger partial charge >= 0.3 is 11.9 Å². The van der Waals surface area contributed by atoms with Crippen molar-refractivity contribution in [3.05, 3.63) is 65.2 Å². The third-order valence-electron chi connectivity index (χ3n) is 2.84. The lowest BCUT2D eigenvalue weighted by atomic mass is 10.1. The van der Waals surface area contributed by atoms with Crippen molar-refractivity contribution < 1.29 is 14.3 Å². The van der Waals surface area contributed by atoms with E-state index in [0.29, 0.717) is 10.7 Å². The van der Waals surface area contributed by atoms with Crippen LogP contribution in [0.2, 0.25) is 5.02 Å². The topological polar surface area (TPSA) is 55.4 Å². The number of halogens is 1. The van der Waals surface area contributed by atoms with Gasteiger partial charge in [0.2, 0.25) is 0 Å². The van der Waals surface area contributed by atoms with Crippen molar-refractivity contribution >= 4 is 29.2 Å². The lowest BCUT2D eigenvalue weighted by Crippen LogP contribution is -2.26. The normalized spacial score (nSPS) is 11.5. The number of amides is 1. The minimum Gasteiger partial charge on any atom is -0.451 e. The molecule has 2 aromatic rings. The number of carbonyl (C=O) groups is 2. The molecule has 2 aromatic carbocycles. The van der Waals surface area contributed by atoms with Gasteiger partial charge in [0.05, 0.1) is 0 Å². The van der Waals surface area contributed by atoms with E-state index in [9.17, 15) is 9.59 Å². The Morgan fingerprint density at radius 1 is 1.05 bits per heavy atom. The fraction of sp³-hybridized carbons (Fsp3) is 0.125. The molecule has 0 fully saturated rings. The Morgan fingerprint density at radius 2 is 1.67 bits per heavy atom. The molecule has 4 nitrogen and oxygen atoms in total. The zero-order valence-corrected chi connectivity index (χ0v) is 12.1. The fourth-order valence-corrected chi connectivity index (χ4v) is 1.85. The van der Waals surface area contributed by atoms with Gasteiger partial charge in [-0.3, -0.25) is 4.79 Å². The van der Waals surface area contributed by atoms with E-state index in [1.54, 1.807) is 31.2 Å². The maximum absolute atomic E-state index is 11.7. The first kappa shape index (κ1) is 15.1. The van der Waals surface area contributed by atoms with E-state index in [1.807, 2.05) is 30.3 Å². The molecule has 0 aliphatic heterocycles. The maximum Gasteiger partial charge on any atom is 0.397 e. The molecule has 0 radical (unpaired) electrons. The predicted molar refractivity (Wildman–Crippen MR) is 81.0 cm³/mol. The number of benzene rings is 2. The summed E-state index contributed by atoms with van der Waals surface area (Å²) in [6, 6.07) is 15.7. The fourth-order valence-electron chi connectivity index (χ4n) is 1.72. The Balaban J connectivity index is 1.93. The highest BCUT2D eigenvalue weighted by molar-refractivity contribution is 6.37. The average Bonchev–Trinajstić information content (AvgIpc) is 2.50. The van der Waals surface area contributed by atoms with Crippen LogP contribution in [0.15, 0.2) is 54.6 Å². The molecule has 0 aliphatic rings. The quantitative estimate of drug-likeness (QED) is 0.696. The highest BCUT2D eigenvalue weighted by atomic mass is 35.5. The lowest BCUT2D eigenvalue weighted by Gasteiger charge is -2.13. The molecule has 0 saturated heterocycles. The second-order valence-electron chi connectivity index (χ2n) is 4.42. The molecule has 2 rings (SSSR count). The molecule has 0 bridgehead atoms. The third kappa shape index (κ3) is 4.33. The van der Waals surface area contributed by atoms with E-state index in [0.717, 1.165) is 5.56 Å². The molecule has 1 N–H and O–H groups in total. The van der Waals surface area contributed by atoms with E-state index in [4.69, 9.17) is 16.3 Å². The van der Waals surface area contributed by atoms with Crippen LogP contribution in [0.25, 0.3) is 0 Å². The lowest BCUT2D eigenvalue weighted by molar-refractivity contribution is -0.156. The van der Waals surface area contributed by atoms with Gasteiger partial charge < -0.3 is 10.1 Å². The number of rotatable bonds is 3. The molecule has 1 atom stereocenters. The maximum atomic E-state index is 11.7. The van der Waals surface area contributed by atoms with Crippen molar-refractivity contribution in [3.63, 3.8) is 0 Å². The second kappa shape index (κ2) is 6.90. The van der Waals surface area contributed by atoms with Gasteiger partial charge in [-0.05, 0) is 36.8 Å². The Kier molecular flexibility index (Phi) is 4.95. The molecule has 5 heteroatoms. The minimum absolute atomic E-state index is 0.480. The summed E-state index contributed by atoms with van der Waals surface area (Å²) >= 11 is 5.74. The molecule has 1 unspecified atom stereocenters. The summed E-state index contributed by atoms with van der Waals surface area (Å²) in [6.07, 6.45) is -0.491. The van der Waals surface area contributed by atoms with Crippen molar-refractivity contribution in [2.24, 2.45) is 0 Å². The average molecular weight is 304 g/mol. The first-order chi connectivity index (χ1) is 10.1. The number of anilines is 1. The Bertz CT molecular complexity index is 626. The largest absolute Gasteiger partial charge is 0.451 e. The monoisotopic (exact) mass is 303 g/mol. The molecule has 0 heterocycles. The Labute approximate surface area is 127 Å². The summed E-state index contributed by atoms with van der Waals surface area (Å²) in [4.78, 5) is 23.5. The molecule has 0 aliphatic carbocycles. The molecule has 0 aromatic heterocycles. The zero-order valence-electron chi connectivity index (χ0n) is 11.4. The van der Waals surface area contributed by atoms with Crippen LogP contribution in [-0.4, -0.2) is 11.9 Å². The van der Waals surface area contributed by atoms with E-state index < -0.39 is 18.0 Å². The Morgan fingerprint density at radius 3 is 2.29 bits per heavy atom. The van der Waals surface area contributed by atoms with Crippen LogP contribution in [0.5, 0.6) is 0 Å². The van der Waals surface area contributed by atoms with Crippen LogP contribution in [0.1, 0.15) is 18.6 Å². The third-order valence-corrected chi connectivity index (χ3v) is 3.09. The van der Waals surface area contributed by atoms with Gasteiger partial charge in [-0.25, -0.2) is 4.79 Å². The van der Waals surface area contributed by atoms with Gasteiger partial charge in [0, 0.05) is 10.7 Å². The summed E-state index contributed by atoms with van der Waals surface area (Å²) in [5, 5.41) is 3.00. The van der Waals surface area contributed by atoms with Gasteiger partial charge in [-0.2, -0.15) is 0 Å². The van der Waals surface area contributed by atoms with E-state index in [1.165, 1.54) is 0 Å². The van der Waals surface area contributed by atoms with Gasteiger partial charge in [-0.1, -0.05) is 41.9 Å². The standard InChI is InChI=1S/C16H14ClNO3/c1-11(12-5-3-2-4-6-12)21-16(20)15(19)18-14-9-7-13(17)8-10-14/h2-11H,1H3,(H,18,19). The predicted octanol–water partition coefficient (Wildman–Crippen LogP) is 3.58. The van der Waals surface area contributed by atoms with Gasteiger partial charge in [-0.15, -0.1) is 0 Å². The number of esters is 1. The molecule has 21 heavy (non-hydrogen) atoms. The van der Waals surface area contributed by atoms with E-state index in [-0.39, 0.29) is 0 Å². The first-order valence-corrected chi connectivity index (χ1v) is 6.76. The number of carbonyl (C=O) groups excluding carboxylic acids is 2. The summed E-state index contributed by atoms with van der Waals surface area (Å²) in [5.41, 5.74) is 1.30. The van der Waals surface area contributed by atoms with Crippen LogP contribution in [0, 0.1) is 0 Å². The number of hydrogen-bond donors (Lipinski definition) is 1. The molecular formula is C16H14ClNO3. The van der Waals surface area contributed by atoms with Crippen LogP contribution in [-0.2, 0) is 14.3 Å². The minimum atomic E-state index is -0.929. The number of hydrogen-bond acceptors (Lipinski definition) is 3. The van der Waals surface area contributed by atoms with Crippen molar-refractivity contribution in [3.8, 4) is 0 Å². The molecule has 0 saturated carbocycles. The van der Waals surface area contributed by atoms with Gasteiger partial charge in [0.1, 0.15) is 6.10 Å². The highest BCUT2D eigenvalue weighted by Crippen LogP contribution is 2.17. The zero-order chi connectivity index (χ0) is 15.2. The number of nitrogens with one attached hydrogen (secondary N) is 1. The highest BCUT2D eigenvalue weighted by Gasteiger charge is 2.19. The second-order valence-corrected chi connectivity index (χ2v) is 4.86. The van der Waals surface area contributed by atoms with Gasteiger partial charge in [0.15, 0.2) is 0 Å². The van der Waals surface area contributed by atoms with E-state index >= 15 is 0 Å². The van der Waals surface area contributed by atoms with Gasteiger partial charge in [0.25, 0.3) is 0 Å². The molecular weight excluding hydrogens is 290 g/mol. The summed E-state index contributed by atoms with van der Waals surface area (Å²) in [5.74, 6) is -1.75. The molecule has 108 valence electrons. The SMILES string of the molecule is CC(OC(=O)C(=O)Nc1ccc(Cl)cc1)c1ccccc1. The first-order valence-electron chi connectivity index (χ1n) is 6.39. The Hall–Kier alpha value is -2.33. The van der Waals surface area contributed by atoms with Crippen molar-refractivity contribution in [1.82, 2.24) is 0 Å². The van der Waals surface area contributed by atoms with Crippen LogP contribution in [0.3, 0.4) is 0 Å². The summed E-state index contributed by atoms with van der Waals surface area (Å²) in [6.45, 7) is 1.71. The van der Waals surface area contributed by atoms with Crippen molar-refractivity contribution in [2.45, 2.75) is 13.0 Å². The van der Waals surface area contributed by atoms with Crippen molar-refractivity contribution in [1.29, 1.82) is 0 Å². The summed E-state index contributed by atoms with van der Waals surface area (Å²) in [7, 11) is 0. The van der Waals surface area contributed by atoms with Crippen LogP contribution >= 0.6 is 11.6 Å². The van der Waals surface area contributed by atoms with Crippen LogP contribution in [0.4, 0.5) is 5.69 Å².